The van der Waals surface area contributed by atoms with Gasteiger partial charge in [-0.15, -0.1) is 0 Å². The fraction of sp³-hybridized carbons (Fsp3) is 0.444. The first-order valence-corrected chi connectivity index (χ1v) is 4.83. The van der Waals surface area contributed by atoms with E-state index in [1.165, 1.54) is 6.33 Å². The number of nitrogens with zero attached hydrogens (tertiary/aromatic N) is 3. The Morgan fingerprint density at radius 3 is 3.13 bits per heavy atom. The van der Waals surface area contributed by atoms with Crippen molar-refractivity contribution in [1.29, 1.82) is 0 Å². The van der Waals surface area contributed by atoms with E-state index in [4.69, 9.17) is 10.5 Å². The molecule has 3 N–H and O–H groups in total. The maximum atomic E-state index is 5.91. The molecule has 1 aliphatic rings. The van der Waals surface area contributed by atoms with Crippen molar-refractivity contribution in [2.45, 2.75) is 12.0 Å². The van der Waals surface area contributed by atoms with Gasteiger partial charge in [-0.1, -0.05) is 0 Å². The summed E-state index contributed by atoms with van der Waals surface area (Å²) in [7, 11) is 0. The summed E-state index contributed by atoms with van der Waals surface area (Å²) in [5.74, 6) is 0.981. The minimum Gasteiger partial charge on any atom is -0.379 e. The fourth-order valence-electron chi connectivity index (χ4n) is 1.81. The average Bonchev–Trinajstić information content (AvgIpc) is 2.82. The first-order chi connectivity index (χ1) is 7.34. The zero-order valence-corrected chi connectivity index (χ0v) is 8.05. The number of aromatic amines is 1. The van der Waals surface area contributed by atoms with Gasteiger partial charge in [0.15, 0.2) is 5.65 Å². The highest BCUT2D eigenvalue weighted by molar-refractivity contribution is 5.68. The highest BCUT2D eigenvalue weighted by atomic mass is 16.5. The lowest BCUT2D eigenvalue weighted by atomic mass is 10.0. The first kappa shape index (κ1) is 8.75. The summed E-state index contributed by atoms with van der Waals surface area (Å²) < 4.78 is 5.30. The van der Waals surface area contributed by atoms with Gasteiger partial charge in [0.25, 0.3) is 0 Å². The van der Waals surface area contributed by atoms with Gasteiger partial charge in [-0.25, -0.2) is 15.0 Å². The van der Waals surface area contributed by atoms with Crippen LogP contribution in [0.2, 0.25) is 0 Å². The molecule has 78 valence electrons. The van der Waals surface area contributed by atoms with Gasteiger partial charge in [0.05, 0.1) is 25.3 Å². The molecule has 6 heteroatoms. The van der Waals surface area contributed by atoms with Crippen LogP contribution in [0.25, 0.3) is 11.2 Å². The molecule has 0 radical (unpaired) electrons. The van der Waals surface area contributed by atoms with Crippen LogP contribution in [0.15, 0.2) is 12.5 Å². The summed E-state index contributed by atoms with van der Waals surface area (Å²) in [4.78, 5) is 15.5. The predicted molar refractivity (Wildman–Crippen MR) is 53.2 cm³/mol. The van der Waals surface area contributed by atoms with E-state index in [1.54, 1.807) is 6.20 Å². The third-order valence-corrected chi connectivity index (χ3v) is 2.66. The van der Waals surface area contributed by atoms with Crippen molar-refractivity contribution in [1.82, 2.24) is 19.9 Å². The Morgan fingerprint density at radius 1 is 1.47 bits per heavy atom. The molecule has 1 saturated heterocycles. The third kappa shape index (κ3) is 1.38. The summed E-state index contributed by atoms with van der Waals surface area (Å²) in [6.07, 6.45) is 3.19. The molecule has 1 fully saturated rings. The lowest BCUT2D eigenvalue weighted by molar-refractivity contribution is 0.190. The van der Waals surface area contributed by atoms with Gasteiger partial charge in [0.1, 0.15) is 17.7 Å². The Bertz CT molecular complexity index is 449. The van der Waals surface area contributed by atoms with E-state index in [0.717, 1.165) is 11.3 Å². The Kier molecular flexibility index (Phi) is 1.90. The number of nitrogens with two attached hydrogens (primary N) is 1. The summed E-state index contributed by atoms with van der Waals surface area (Å²) >= 11 is 0. The number of imidazole rings is 1. The molecule has 0 saturated carbocycles. The Hall–Kier alpha value is -1.53. The van der Waals surface area contributed by atoms with E-state index >= 15 is 0 Å². The first-order valence-electron chi connectivity index (χ1n) is 4.83. The lowest BCUT2D eigenvalue weighted by Crippen LogP contribution is -2.27. The Labute approximate surface area is 85.9 Å². The van der Waals surface area contributed by atoms with Crippen molar-refractivity contribution in [2.24, 2.45) is 5.73 Å². The molecule has 0 spiro atoms. The zero-order chi connectivity index (χ0) is 10.3. The van der Waals surface area contributed by atoms with Crippen LogP contribution < -0.4 is 5.73 Å². The maximum Gasteiger partial charge on any atom is 0.180 e. The van der Waals surface area contributed by atoms with Crippen LogP contribution in [0, 0.1) is 0 Å². The number of fused-ring (bicyclic) bond motifs is 1. The molecule has 2 unspecified atom stereocenters. The summed E-state index contributed by atoms with van der Waals surface area (Å²) in [6.45, 7) is 1.21. The average molecular weight is 205 g/mol. The monoisotopic (exact) mass is 205 g/mol. The fourth-order valence-corrected chi connectivity index (χ4v) is 1.81. The second-order valence-electron chi connectivity index (χ2n) is 3.69. The van der Waals surface area contributed by atoms with Crippen molar-refractivity contribution in [2.75, 3.05) is 13.2 Å². The van der Waals surface area contributed by atoms with E-state index < -0.39 is 0 Å². The highest BCUT2D eigenvalue weighted by Crippen LogP contribution is 2.23. The van der Waals surface area contributed by atoms with Crippen molar-refractivity contribution < 1.29 is 4.74 Å². The number of nitrogens with one attached hydrogen (secondary N) is 1. The number of ether oxygens (including phenoxy) is 1. The molecular weight excluding hydrogens is 194 g/mol. The maximum absolute atomic E-state index is 5.91. The molecule has 3 heterocycles. The number of aromatic nitrogens is 4. The van der Waals surface area contributed by atoms with Crippen molar-refractivity contribution in [3.8, 4) is 0 Å². The molecule has 2 aromatic rings. The van der Waals surface area contributed by atoms with E-state index in [-0.39, 0.29) is 12.0 Å². The minimum absolute atomic E-state index is 0.0125. The second-order valence-corrected chi connectivity index (χ2v) is 3.69. The molecule has 1 aliphatic heterocycles. The smallest absolute Gasteiger partial charge is 0.180 e. The van der Waals surface area contributed by atoms with Crippen molar-refractivity contribution >= 4 is 11.2 Å². The zero-order valence-electron chi connectivity index (χ0n) is 8.05. The topological polar surface area (TPSA) is 89.7 Å². The van der Waals surface area contributed by atoms with Crippen LogP contribution in [0.3, 0.4) is 0 Å². The van der Waals surface area contributed by atoms with E-state index in [9.17, 15) is 0 Å². The summed E-state index contributed by atoms with van der Waals surface area (Å²) in [5, 5.41) is 0. The summed E-state index contributed by atoms with van der Waals surface area (Å²) in [5.41, 5.74) is 7.43. The predicted octanol–water partition coefficient (Wildman–Crippen LogP) is -0.206. The lowest BCUT2D eigenvalue weighted by Gasteiger charge is -2.08. The van der Waals surface area contributed by atoms with Crippen molar-refractivity contribution in [3.63, 3.8) is 0 Å². The van der Waals surface area contributed by atoms with Gasteiger partial charge in [0.2, 0.25) is 0 Å². The molecule has 2 aromatic heterocycles. The molecule has 15 heavy (non-hydrogen) atoms. The molecule has 0 aromatic carbocycles. The minimum atomic E-state index is 0.0125. The molecule has 6 nitrogen and oxygen atoms in total. The number of H-pyrrole nitrogens is 1. The molecule has 2 atom stereocenters. The normalized spacial score (nSPS) is 26.2. The number of hydrogen-bond donors (Lipinski definition) is 2. The van der Waals surface area contributed by atoms with E-state index in [1.807, 2.05) is 0 Å². The largest absolute Gasteiger partial charge is 0.379 e. The van der Waals surface area contributed by atoms with Crippen LogP contribution in [-0.4, -0.2) is 39.2 Å². The van der Waals surface area contributed by atoms with Gasteiger partial charge >= 0.3 is 0 Å². The molecule has 0 aliphatic carbocycles. The number of hydrogen-bond acceptors (Lipinski definition) is 5. The quantitative estimate of drug-likeness (QED) is 0.672. The molecular formula is C9H11N5O. The number of rotatable bonds is 1. The molecule has 0 amide bonds. The van der Waals surface area contributed by atoms with E-state index in [0.29, 0.717) is 18.9 Å². The van der Waals surface area contributed by atoms with Crippen LogP contribution in [0.5, 0.6) is 0 Å². The Balaban J connectivity index is 2.04. The SMILES string of the molecule is NC1COCC1c1nc2ncncc2[nH]1. The van der Waals surface area contributed by atoms with Gasteiger partial charge in [0, 0.05) is 6.04 Å². The highest BCUT2D eigenvalue weighted by Gasteiger charge is 2.29. The third-order valence-electron chi connectivity index (χ3n) is 2.66. The van der Waals surface area contributed by atoms with Crippen LogP contribution >= 0.6 is 0 Å². The van der Waals surface area contributed by atoms with Crippen LogP contribution in [0.4, 0.5) is 0 Å². The van der Waals surface area contributed by atoms with Crippen LogP contribution in [0.1, 0.15) is 11.7 Å². The van der Waals surface area contributed by atoms with Gasteiger partial charge in [-0.05, 0) is 0 Å². The second kappa shape index (κ2) is 3.25. The van der Waals surface area contributed by atoms with Gasteiger partial charge in [-0.2, -0.15) is 0 Å². The Morgan fingerprint density at radius 2 is 2.40 bits per heavy atom. The van der Waals surface area contributed by atoms with Crippen LogP contribution in [-0.2, 0) is 4.74 Å². The van der Waals surface area contributed by atoms with Gasteiger partial charge in [-0.3, -0.25) is 0 Å². The van der Waals surface area contributed by atoms with E-state index in [2.05, 4.69) is 19.9 Å². The summed E-state index contributed by atoms with van der Waals surface area (Å²) in [6, 6.07) is 0.0125. The van der Waals surface area contributed by atoms with Gasteiger partial charge < -0.3 is 15.5 Å². The molecule has 0 bridgehead atoms. The standard InChI is InChI=1S/C9H11N5O/c10-6-3-15-2-5(6)8-13-7-1-11-4-12-9(7)14-8/h1,4-6H,2-3,10H2,(H,11,12,13,14). The van der Waals surface area contributed by atoms with Crippen molar-refractivity contribution in [3.05, 3.63) is 18.3 Å². The molecule has 3 rings (SSSR count).